The van der Waals surface area contributed by atoms with Crippen LogP contribution >= 0.6 is 0 Å². The van der Waals surface area contributed by atoms with Gasteiger partial charge < -0.3 is 5.73 Å². The number of rotatable bonds is 2. The molecule has 0 aliphatic carbocycles. The zero-order valence-electron chi connectivity index (χ0n) is 8.14. The molecule has 0 saturated heterocycles. The standard InChI is InChI=1S/C11H13N3/c1-14-11(6-7-13-14)10-4-2-9(8-12)3-5-10/h2-7H,8,12H2,1H3. The van der Waals surface area contributed by atoms with Crippen molar-refractivity contribution in [3.05, 3.63) is 42.1 Å². The van der Waals surface area contributed by atoms with E-state index in [0.717, 1.165) is 11.3 Å². The van der Waals surface area contributed by atoms with Gasteiger partial charge in [-0.25, -0.2) is 0 Å². The summed E-state index contributed by atoms with van der Waals surface area (Å²) in [6.07, 6.45) is 1.80. The maximum atomic E-state index is 5.53. The molecule has 0 bridgehead atoms. The number of hydrogen-bond acceptors (Lipinski definition) is 2. The first-order valence-electron chi connectivity index (χ1n) is 4.58. The summed E-state index contributed by atoms with van der Waals surface area (Å²) in [5.41, 5.74) is 8.97. The van der Waals surface area contributed by atoms with Crippen molar-refractivity contribution in [3.63, 3.8) is 0 Å². The molecular formula is C11H13N3. The molecule has 0 aliphatic rings. The molecule has 0 saturated carbocycles. The fraction of sp³-hybridized carbons (Fsp3) is 0.182. The van der Waals surface area contributed by atoms with Crippen LogP contribution in [0.4, 0.5) is 0 Å². The lowest BCUT2D eigenvalue weighted by Gasteiger charge is -2.02. The Morgan fingerprint density at radius 3 is 2.43 bits per heavy atom. The molecule has 2 N–H and O–H groups in total. The predicted molar refractivity (Wildman–Crippen MR) is 56.5 cm³/mol. The van der Waals surface area contributed by atoms with E-state index in [1.165, 1.54) is 5.56 Å². The molecule has 2 rings (SSSR count). The summed E-state index contributed by atoms with van der Waals surface area (Å²) in [4.78, 5) is 0. The van der Waals surface area contributed by atoms with E-state index in [0.29, 0.717) is 6.54 Å². The van der Waals surface area contributed by atoms with Gasteiger partial charge in [-0.15, -0.1) is 0 Å². The summed E-state index contributed by atoms with van der Waals surface area (Å²) in [6.45, 7) is 0.589. The second-order valence-electron chi connectivity index (χ2n) is 3.24. The van der Waals surface area contributed by atoms with Gasteiger partial charge in [0.15, 0.2) is 0 Å². The van der Waals surface area contributed by atoms with E-state index >= 15 is 0 Å². The number of nitrogens with zero attached hydrogens (tertiary/aromatic N) is 2. The minimum atomic E-state index is 0.589. The zero-order valence-corrected chi connectivity index (χ0v) is 8.14. The van der Waals surface area contributed by atoms with E-state index in [2.05, 4.69) is 17.2 Å². The molecule has 0 atom stereocenters. The lowest BCUT2D eigenvalue weighted by atomic mass is 10.1. The van der Waals surface area contributed by atoms with Crippen molar-refractivity contribution in [2.75, 3.05) is 0 Å². The Morgan fingerprint density at radius 1 is 1.21 bits per heavy atom. The Balaban J connectivity index is 2.39. The summed E-state index contributed by atoms with van der Waals surface area (Å²) < 4.78 is 1.86. The zero-order chi connectivity index (χ0) is 9.97. The second kappa shape index (κ2) is 3.64. The van der Waals surface area contributed by atoms with Crippen molar-refractivity contribution >= 4 is 0 Å². The van der Waals surface area contributed by atoms with Gasteiger partial charge in [0, 0.05) is 19.8 Å². The third-order valence-corrected chi connectivity index (χ3v) is 2.31. The van der Waals surface area contributed by atoms with Crippen molar-refractivity contribution < 1.29 is 0 Å². The molecular weight excluding hydrogens is 174 g/mol. The van der Waals surface area contributed by atoms with Gasteiger partial charge in [0.1, 0.15) is 0 Å². The molecule has 3 heteroatoms. The molecule has 14 heavy (non-hydrogen) atoms. The molecule has 72 valence electrons. The van der Waals surface area contributed by atoms with Gasteiger partial charge in [0.2, 0.25) is 0 Å². The van der Waals surface area contributed by atoms with Gasteiger partial charge in [-0.1, -0.05) is 24.3 Å². The van der Waals surface area contributed by atoms with E-state index in [-0.39, 0.29) is 0 Å². The molecule has 0 unspecified atom stereocenters. The largest absolute Gasteiger partial charge is 0.326 e. The van der Waals surface area contributed by atoms with Crippen molar-refractivity contribution in [1.29, 1.82) is 0 Å². The monoisotopic (exact) mass is 187 g/mol. The molecule has 3 nitrogen and oxygen atoms in total. The number of aryl methyl sites for hydroxylation is 1. The minimum absolute atomic E-state index is 0.589. The van der Waals surface area contributed by atoms with Crippen LogP contribution in [0, 0.1) is 0 Å². The van der Waals surface area contributed by atoms with Crippen molar-refractivity contribution in [2.45, 2.75) is 6.54 Å². The van der Waals surface area contributed by atoms with E-state index in [9.17, 15) is 0 Å². The van der Waals surface area contributed by atoms with Crippen molar-refractivity contribution in [3.8, 4) is 11.3 Å². The molecule has 1 aromatic heterocycles. The molecule has 0 aliphatic heterocycles. The number of aromatic nitrogens is 2. The second-order valence-corrected chi connectivity index (χ2v) is 3.24. The first kappa shape index (κ1) is 8.97. The first-order chi connectivity index (χ1) is 6.81. The Kier molecular flexibility index (Phi) is 2.33. The molecule has 1 aromatic carbocycles. The Bertz CT molecular complexity index is 414. The molecule has 2 aromatic rings. The molecule has 1 heterocycles. The van der Waals surface area contributed by atoms with E-state index in [4.69, 9.17) is 5.73 Å². The normalized spacial score (nSPS) is 10.4. The van der Waals surface area contributed by atoms with Crippen LogP contribution in [0.15, 0.2) is 36.5 Å². The van der Waals surface area contributed by atoms with Gasteiger partial charge in [-0.2, -0.15) is 5.10 Å². The van der Waals surface area contributed by atoms with E-state index in [1.807, 2.05) is 29.9 Å². The number of nitrogens with two attached hydrogens (primary N) is 1. The van der Waals surface area contributed by atoms with Crippen LogP contribution in [-0.4, -0.2) is 9.78 Å². The van der Waals surface area contributed by atoms with Crippen molar-refractivity contribution in [2.24, 2.45) is 12.8 Å². The van der Waals surface area contributed by atoms with Crippen LogP contribution in [0.25, 0.3) is 11.3 Å². The Labute approximate surface area is 83.2 Å². The number of benzene rings is 1. The van der Waals surface area contributed by atoms with Crippen LogP contribution < -0.4 is 5.73 Å². The Hall–Kier alpha value is -1.61. The molecule has 0 spiro atoms. The highest BCUT2D eigenvalue weighted by Crippen LogP contribution is 2.18. The van der Waals surface area contributed by atoms with Crippen LogP contribution in [0.1, 0.15) is 5.56 Å². The topological polar surface area (TPSA) is 43.8 Å². The van der Waals surface area contributed by atoms with Crippen LogP contribution in [0.3, 0.4) is 0 Å². The number of hydrogen-bond donors (Lipinski definition) is 1. The summed E-state index contributed by atoms with van der Waals surface area (Å²) in [7, 11) is 1.94. The highest BCUT2D eigenvalue weighted by molar-refractivity contribution is 5.59. The lowest BCUT2D eigenvalue weighted by molar-refractivity contribution is 0.776. The van der Waals surface area contributed by atoms with Crippen LogP contribution in [0.2, 0.25) is 0 Å². The fourth-order valence-electron chi connectivity index (χ4n) is 1.47. The highest BCUT2D eigenvalue weighted by Gasteiger charge is 2.01. The maximum Gasteiger partial charge on any atom is 0.0678 e. The fourth-order valence-corrected chi connectivity index (χ4v) is 1.47. The molecule has 0 radical (unpaired) electrons. The van der Waals surface area contributed by atoms with E-state index in [1.54, 1.807) is 6.20 Å². The van der Waals surface area contributed by atoms with Crippen molar-refractivity contribution in [1.82, 2.24) is 9.78 Å². The molecule has 0 fully saturated rings. The summed E-state index contributed by atoms with van der Waals surface area (Å²) >= 11 is 0. The van der Waals surface area contributed by atoms with Gasteiger partial charge >= 0.3 is 0 Å². The Morgan fingerprint density at radius 2 is 1.93 bits per heavy atom. The predicted octanol–water partition coefficient (Wildman–Crippen LogP) is 1.55. The third kappa shape index (κ3) is 1.54. The van der Waals surface area contributed by atoms with Crippen LogP contribution in [0.5, 0.6) is 0 Å². The van der Waals surface area contributed by atoms with Gasteiger partial charge in [0.25, 0.3) is 0 Å². The summed E-state index contributed by atoms with van der Waals surface area (Å²) in [5.74, 6) is 0. The first-order valence-corrected chi connectivity index (χ1v) is 4.58. The lowest BCUT2D eigenvalue weighted by Crippen LogP contribution is -1.96. The van der Waals surface area contributed by atoms with Gasteiger partial charge in [-0.3, -0.25) is 4.68 Å². The average Bonchev–Trinajstić information content (AvgIpc) is 2.65. The summed E-state index contributed by atoms with van der Waals surface area (Å²) in [6, 6.07) is 10.2. The van der Waals surface area contributed by atoms with Gasteiger partial charge in [0.05, 0.1) is 5.69 Å². The summed E-state index contributed by atoms with van der Waals surface area (Å²) in [5, 5.41) is 4.13. The highest BCUT2D eigenvalue weighted by atomic mass is 15.2. The van der Waals surface area contributed by atoms with E-state index < -0.39 is 0 Å². The minimum Gasteiger partial charge on any atom is -0.326 e. The quantitative estimate of drug-likeness (QED) is 0.775. The van der Waals surface area contributed by atoms with Crippen LogP contribution in [-0.2, 0) is 13.6 Å². The molecule has 0 amide bonds. The maximum absolute atomic E-state index is 5.53. The smallest absolute Gasteiger partial charge is 0.0678 e. The SMILES string of the molecule is Cn1nccc1-c1ccc(CN)cc1. The van der Waals surface area contributed by atoms with Gasteiger partial charge in [-0.05, 0) is 17.2 Å². The average molecular weight is 187 g/mol. The third-order valence-electron chi connectivity index (χ3n) is 2.31.